The Labute approximate surface area is 176 Å². The molecule has 0 aliphatic heterocycles. The van der Waals surface area contributed by atoms with Crippen LogP contribution >= 0.6 is 0 Å². The van der Waals surface area contributed by atoms with Gasteiger partial charge in [-0.3, -0.25) is 9.36 Å². The maximum absolute atomic E-state index is 12.9. The third-order valence-corrected chi connectivity index (χ3v) is 5.13. The SMILES string of the molecule is CCCc1nc2ncoc2c(=O)n1Cc1ccc(-c2ccccc2-c2nn[nH]n2)cc1. The first kappa shape index (κ1) is 18.9. The van der Waals surface area contributed by atoms with Crippen LogP contribution in [0.5, 0.6) is 0 Å². The highest BCUT2D eigenvalue weighted by atomic mass is 16.3. The highest BCUT2D eigenvalue weighted by Gasteiger charge is 2.15. The molecule has 0 amide bonds. The molecule has 0 aliphatic rings. The molecule has 9 nitrogen and oxygen atoms in total. The molecule has 0 saturated carbocycles. The van der Waals surface area contributed by atoms with E-state index < -0.39 is 0 Å². The Morgan fingerprint density at radius 1 is 1.06 bits per heavy atom. The van der Waals surface area contributed by atoms with Crippen molar-refractivity contribution in [2.75, 3.05) is 0 Å². The molecule has 2 aromatic carbocycles. The van der Waals surface area contributed by atoms with Crippen LogP contribution in [0.4, 0.5) is 0 Å². The summed E-state index contributed by atoms with van der Waals surface area (Å²) in [5, 5.41) is 14.3. The summed E-state index contributed by atoms with van der Waals surface area (Å²) < 4.78 is 6.93. The molecule has 0 fully saturated rings. The van der Waals surface area contributed by atoms with Gasteiger partial charge in [0.2, 0.25) is 17.1 Å². The highest BCUT2D eigenvalue weighted by Crippen LogP contribution is 2.29. The number of oxazole rings is 1. The molecule has 0 bridgehead atoms. The van der Waals surface area contributed by atoms with E-state index in [0.717, 1.165) is 28.7 Å². The number of aromatic amines is 1. The van der Waals surface area contributed by atoms with E-state index in [-0.39, 0.29) is 11.1 Å². The molecule has 0 unspecified atom stereocenters. The minimum absolute atomic E-state index is 0.186. The number of fused-ring (bicyclic) bond motifs is 1. The number of hydrogen-bond acceptors (Lipinski definition) is 7. The predicted molar refractivity (Wildman–Crippen MR) is 114 cm³/mol. The molecule has 0 atom stereocenters. The van der Waals surface area contributed by atoms with Crippen LogP contribution < -0.4 is 5.56 Å². The van der Waals surface area contributed by atoms with Crippen LogP contribution in [-0.4, -0.2) is 35.2 Å². The number of nitrogens with zero attached hydrogens (tertiary/aromatic N) is 6. The zero-order chi connectivity index (χ0) is 21.2. The lowest BCUT2D eigenvalue weighted by Gasteiger charge is -2.12. The minimum atomic E-state index is -0.211. The molecule has 154 valence electrons. The molecule has 0 aliphatic carbocycles. The monoisotopic (exact) mass is 413 g/mol. The van der Waals surface area contributed by atoms with Gasteiger partial charge in [-0.25, -0.2) is 4.98 Å². The maximum Gasteiger partial charge on any atom is 0.299 e. The van der Waals surface area contributed by atoms with Gasteiger partial charge in [0.15, 0.2) is 6.39 Å². The second-order valence-electron chi connectivity index (χ2n) is 7.15. The third kappa shape index (κ3) is 3.50. The van der Waals surface area contributed by atoms with Gasteiger partial charge >= 0.3 is 0 Å². The number of aryl methyl sites for hydroxylation is 1. The summed E-state index contributed by atoms with van der Waals surface area (Å²) in [5.41, 5.74) is 4.24. The molecule has 31 heavy (non-hydrogen) atoms. The van der Waals surface area contributed by atoms with Crippen molar-refractivity contribution in [2.45, 2.75) is 26.3 Å². The minimum Gasteiger partial charge on any atom is -0.436 e. The number of rotatable bonds is 6. The Morgan fingerprint density at radius 2 is 1.87 bits per heavy atom. The largest absolute Gasteiger partial charge is 0.436 e. The highest BCUT2D eigenvalue weighted by molar-refractivity contribution is 5.80. The van der Waals surface area contributed by atoms with Gasteiger partial charge in [0, 0.05) is 12.0 Å². The van der Waals surface area contributed by atoms with E-state index in [9.17, 15) is 4.79 Å². The topological polar surface area (TPSA) is 115 Å². The second-order valence-corrected chi connectivity index (χ2v) is 7.15. The van der Waals surface area contributed by atoms with Crippen LogP contribution in [0.15, 0.2) is 64.1 Å². The van der Waals surface area contributed by atoms with Gasteiger partial charge in [0.1, 0.15) is 5.82 Å². The van der Waals surface area contributed by atoms with Crippen LogP contribution in [0.3, 0.4) is 0 Å². The molecule has 0 spiro atoms. The fourth-order valence-corrected chi connectivity index (χ4v) is 3.64. The number of benzene rings is 2. The quantitative estimate of drug-likeness (QED) is 0.454. The van der Waals surface area contributed by atoms with Crippen molar-refractivity contribution in [3.8, 4) is 22.5 Å². The van der Waals surface area contributed by atoms with Crippen molar-refractivity contribution >= 4 is 11.2 Å². The maximum atomic E-state index is 12.9. The molecule has 0 radical (unpaired) electrons. The molecular weight excluding hydrogens is 394 g/mol. The molecule has 5 aromatic rings. The summed E-state index contributed by atoms with van der Waals surface area (Å²) in [6.45, 7) is 2.46. The van der Waals surface area contributed by atoms with Crippen LogP contribution in [0.25, 0.3) is 33.7 Å². The molecule has 3 aromatic heterocycles. The van der Waals surface area contributed by atoms with Crippen molar-refractivity contribution in [2.24, 2.45) is 0 Å². The van der Waals surface area contributed by atoms with Gasteiger partial charge in [-0.1, -0.05) is 55.5 Å². The van der Waals surface area contributed by atoms with Gasteiger partial charge in [-0.15, -0.1) is 10.2 Å². The van der Waals surface area contributed by atoms with E-state index >= 15 is 0 Å². The van der Waals surface area contributed by atoms with Crippen LogP contribution in [-0.2, 0) is 13.0 Å². The Morgan fingerprint density at radius 3 is 2.61 bits per heavy atom. The summed E-state index contributed by atoms with van der Waals surface area (Å²) in [4.78, 5) is 21.5. The zero-order valence-corrected chi connectivity index (χ0v) is 16.8. The Bertz CT molecular complexity index is 1390. The number of aromatic nitrogens is 7. The number of nitrogens with one attached hydrogen (secondary N) is 1. The van der Waals surface area contributed by atoms with E-state index in [1.54, 1.807) is 4.57 Å². The average molecular weight is 413 g/mol. The molecule has 0 saturated heterocycles. The molecule has 9 heteroatoms. The van der Waals surface area contributed by atoms with Crippen molar-refractivity contribution in [1.82, 2.24) is 35.2 Å². The Hall–Kier alpha value is -4.14. The normalized spacial score (nSPS) is 11.3. The first-order valence-corrected chi connectivity index (χ1v) is 9.99. The fourth-order valence-electron chi connectivity index (χ4n) is 3.64. The summed E-state index contributed by atoms with van der Waals surface area (Å²) in [7, 11) is 0. The smallest absolute Gasteiger partial charge is 0.299 e. The van der Waals surface area contributed by atoms with Crippen LogP contribution in [0.1, 0.15) is 24.7 Å². The number of hydrogen-bond donors (Lipinski definition) is 1. The lowest BCUT2D eigenvalue weighted by Crippen LogP contribution is -2.25. The van der Waals surface area contributed by atoms with Gasteiger partial charge < -0.3 is 4.42 Å². The fraction of sp³-hybridized carbons (Fsp3) is 0.182. The lowest BCUT2D eigenvalue weighted by molar-refractivity contribution is 0.582. The second kappa shape index (κ2) is 7.94. The number of H-pyrrole nitrogens is 1. The molecular formula is C22H19N7O2. The van der Waals surface area contributed by atoms with Crippen molar-refractivity contribution in [3.63, 3.8) is 0 Å². The lowest BCUT2D eigenvalue weighted by atomic mass is 9.98. The summed E-state index contributed by atoms with van der Waals surface area (Å²) in [6, 6.07) is 16.0. The molecule has 1 N–H and O–H groups in total. The van der Waals surface area contributed by atoms with E-state index in [1.807, 2.05) is 48.5 Å². The average Bonchev–Trinajstić information content (AvgIpc) is 3.49. The first-order chi connectivity index (χ1) is 15.2. The van der Waals surface area contributed by atoms with Crippen molar-refractivity contribution in [3.05, 3.63) is 76.7 Å². The van der Waals surface area contributed by atoms with E-state index in [4.69, 9.17) is 4.42 Å². The summed E-state index contributed by atoms with van der Waals surface area (Å²) in [6.07, 6.45) is 2.82. The van der Waals surface area contributed by atoms with Gasteiger partial charge in [-0.05, 0) is 28.3 Å². The first-order valence-electron chi connectivity index (χ1n) is 9.99. The molecule has 5 rings (SSSR count). The van der Waals surface area contributed by atoms with Gasteiger partial charge in [0.25, 0.3) is 5.56 Å². The zero-order valence-electron chi connectivity index (χ0n) is 16.8. The number of tetrazole rings is 1. The Kier molecular flexibility index (Phi) is 4.83. The van der Waals surface area contributed by atoms with E-state index in [1.165, 1.54) is 6.39 Å². The predicted octanol–water partition coefficient (Wildman–Crippen LogP) is 3.23. The summed E-state index contributed by atoms with van der Waals surface area (Å²) >= 11 is 0. The standard InChI is InChI=1S/C22H19N7O2/c1-2-5-18-24-21-19(31-13-23-21)22(30)29(18)12-14-8-10-15(11-9-14)16-6-3-4-7-17(16)20-25-27-28-26-20/h3-4,6-11,13H,2,5,12H2,1H3,(H,25,26,27,28). The third-order valence-electron chi connectivity index (χ3n) is 5.13. The van der Waals surface area contributed by atoms with E-state index in [2.05, 4.69) is 37.5 Å². The van der Waals surface area contributed by atoms with Crippen LogP contribution in [0, 0.1) is 0 Å². The van der Waals surface area contributed by atoms with E-state index in [0.29, 0.717) is 30.3 Å². The van der Waals surface area contributed by atoms with Gasteiger partial charge in [-0.2, -0.15) is 10.2 Å². The van der Waals surface area contributed by atoms with Crippen LogP contribution in [0.2, 0.25) is 0 Å². The van der Waals surface area contributed by atoms with Crippen molar-refractivity contribution < 1.29 is 4.42 Å². The van der Waals surface area contributed by atoms with Crippen molar-refractivity contribution in [1.29, 1.82) is 0 Å². The Balaban J connectivity index is 1.50. The summed E-state index contributed by atoms with van der Waals surface area (Å²) in [5.74, 6) is 1.25. The van der Waals surface area contributed by atoms with Gasteiger partial charge in [0.05, 0.1) is 6.54 Å². The molecule has 3 heterocycles.